The fourth-order valence-corrected chi connectivity index (χ4v) is 2.99. The summed E-state index contributed by atoms with van der Waals surface area (Å²) in [6, 6.07) is 31.2. The molecule has 4 rings (SSSR count). The number of para-hydroxylation sites is 2. The van der Waals surface area contributed by atoms with Gasteiger partial charge in [0.25, 0.3) is 0 Å². The van der Waals surface area contributed by atoms with Crippen LogP contribution in [0.15, 0.2) is 119 Å². The number of halogens is 4. The van der Waals surface area contributed by atoms with Crippen LogP contribution in [0.1, 0.15) is 11.1 Å². The second-order valence-electron chi connectivity index (χ2n) is 6.65. The van der Waals surface area contributed by atoms with Crippen LogP contribution < -0.4 is 0 Å². The summed E-state index contributed by atoms with van der Waals surface area (Å²) in [6.45, 7) is 0. The van der Waals surface area contributed by atoms with E-state index in [-0.39, 0.29) is 11.6 Å². The van der Waals surface area contributed by atoms with E-state index in [1.807, 2.05) is 60.7 Å². The molecule has 0 heterocycles. The minimum absolute atomic E-state index is 0.332. The molecular weight excluding hydrogens is 508 g/mol. The van der Waals surface area contributed by atoms with Crippen molar-refractivity contribution >= 4 is 43.2 Å². The average molecular weight is 526 g/mol. The molecular formula is C26H18Cl2F2N2Ni. The summed E-state index contributed by atoms with van der Waals surface area (Å²) in [6.07, 6.45) is 0. The van der Waals surface area contributed by atoms with Gasteiger partial charge in [-0.1, -0.05) is 36.4 Å². The molecule has 0 atom stereocenters. The Balaban J connectivity index is 0.000000968. The third-order valence-electron chi connectivity index (χ3n) is 4.45. The molecule has 0 amide bonds. The normalized spacial score (nSPS) is 11.6. The number of aliphatic imine (C=N–C) groups is 2. The van der Waals surface area contributed by atoms with Gasteiger partial charge in [-0.3, -0.25) is 0 Å². The predicted molar refractivity (Wildman–Crippen MR) is 130 cm³/mol. The Bertz CT molecular complexity index is 1100. The SMILES string of the molecule is Fc1ccc(C(=Nc2ccccc2)C(=Nc2ccccc2)c2ccc(F)cc2)cc1.[Cl][Ni][Cl]. The van der Waals surface area contributed by atoms with Gasteiger partial charge in [-0.25, -0.2) is 18.8 Å². The van der Waals surface area contributed by atoms with Crippen molar-refractivity contribution in [2.75, 3.05) is 0 Å². The first-order valence-corrected chi connectivity index (χ1v) is 12.4. The zero-order valence-corrected chi connectivity index (χ0v) is 19.6. The summed E-state index contributed by atoms with van der Waals surface area (Å²) in [5, 5.41) is 0. The molecule has 0 saturated heterocycles. The summed E-state index contributed by atoms with van der Waals surface area (Å²) < 4.78 is 27.2. The molecule has 170 valence electrons. The van der Waals surface area contributed by atoms with Crippen molar-refractivity contribution in [3.63, 3.8) is 0 Å². The maximum absolute atomic E-state index is 13.6. The Labute approximate surface area is 206 Å². The molecule has 0 bridgehead atoms. The topological polar surface area (TPSA) is 24.7 Å². The number of nitrogens with zero attached hydrogens (tertiary/aromatic N) is 2. The van der Waals surface area contributed by atoms with Crippen LogP contribution in [0, 0.1) is 11.6 Å². The van der Waals surface area contributed by atoms with Gasteiger partial charge in [-0.05, 0) is 72.8 Å². The van der Waals surface area contributed by atoms with Gasteiger partial charge in [0, 0.05) is 11.1 Å². The summed E-state index contributed by atoms with van der Waals surface area (Å²) in [7, 11) is 9.40. The standard InChI is InChI=1S/C26H18F2N2.2ClH.Ni/c27-21-15-11-19(12-16-21)25(29-23-7-3-1-4-8-23)26(20-13-17-22(28)18-14-20)30-24-9-5-2-6-10-24;;;/h1-18H;2*1H;/q;;;+2/p-2. The van der Waals surface area contributed by atoms with Crippen molar-refractivity contribution in [1.82, 2.24) is 0 Å². The fourth-order valence-electron chi connectivity index (χ4n) is 2.99. The molecule has 0 unspecified atom stereocenters. The third kappa shape index (κ3) is 7.61. The van der Waals surface area contributed by atoms with E-state index in [1.54, 1.807) is 24.3 Å². The quantitative estimate of drug-likeness (QED) is 0.185. The first-order chi connectivity index (χ1) is 16.1. The van der Waals surface area contributed by atoms with Crippen molar-refractivity contribution < 1.29 is 21.4 Å². The number of hydrogen-bond acceptors (Lipinski definition) is 2. The van der Waals surface area contributed by atoms with Crippen LogP contribution >= 0.6 is 20.4 Å². The van der Waals surface area contributed by atoms with E-state index in [9.17, 15) is 8.78 Å². The van der Waals surface area contributed by atoms with E-state index in [0.717, 1.165) is 11.4 Å². The second kappa shape index (κ2) is 13.0. The van der Waals surface area contributed by atoms with Gasteiger partial charge in [0.2, 0.25) is 0 Å². The van der Waals surface area contributed by atoms with E-state index < -0.39 is 0 Å². The zero-order valence-electron chi connectivity index (χ0n) is 17.1. The predicted octanol–water partition coefficient (Wildman–Crippen LogP) is 8.28. The van der Waals surface area contributed by atoms with Gasteiger partial charge in [-0.2, -0.15) is 0 Å². The first-order valence-electron chi connectivity index (χ1n) is 9.73. The Morgan fingerprint density at radius 3 is 1.12 bits per heavy atom. The molecule has 0 aromatic heterocycles. The van der Waals surface area contributed by atoms with Crippen LogP contribution in [0.25, 0.3) is 0 Å². The van der Waals surface area contributed by atoms with Crippen LogP contribution in [-0.4, -0.2) is 11.4 Å². The maximum atomic E-state index is 13.6. The van der Waals surface area contributed by atoms with Gasteiger partial charge in [-0.15, -0.1) is 0 Å². The van der Waals surface area contributed by atoms with Crippen LogP contribution in [0.2, 0.25) is 0 Å². The van der Waals surface area contributed by atoms with E-state index in [2.05, 4.69) is 0 Å². The molecule has 0 fully saturated rings. The molecule has 0 aliphatic rings. The molecule has 0 saturated carbocycles. The van der Waals surface area contributed by atoms with Crippen molar-refractivity contribution in [2.24, 2.45) is 9.98 Å². The Morgan fingerprint density at radius 2 is 0.818 bits per heavy atom. The number of benzene rings is 4. The van der Waals surface area contributed by atoms with Crippen molar-refractivity contribution in [1.29, 1.82) is 0 Å². The minimum atomic E-state index is -0.332. The molecule has 0 aliphatic heterocycles. The van der Waals surface area contributed by atoms with Gasteiger partial charge in [0.05, 0.1) is 22.8 Å². The van der Waals surface area contributed by atoms with Gasteiger partial charge in [0.1, 0.15) is 11.6 Å². The number of rotatable bonds is 5. The van der Waals surface area contributed by atoms with Crippen LogP contribution in [0.3, 0.4) is 0 Å². The summed E-state index contributed by atoms with van der Waals surface area (Å²) in [4.78, 5) is 9.65. The summed E-state index contributed by atoms with van der Waals surface area (Å²) in [5.74, 6) is -0.665. The van der Waals surface area contributed by atoms with Gasteiger partial charge in [0.15, 0.2) is 0 Å². The fraction of sp³-hybridized carbons (Fsp3) is 0. The van der Waals surface area contributed by atoms with E-state index in [0.29, 0.717) is 35.2 Å². The summed E-state index contributed by atoms with van der Waals surface area (Å²) >= 11 is 0.569. The van der Waals surface area contributed by atoms with Gasteiger partial charge >= 0.3 is 33.0 Å². The Morgan fingerprint density at radius 1 is 0.515 bits per heavy atom. The Hall–Kier alpha value is -2.85. The van der Waals surface area contributed by atoms with Crippen molar-refractivity contribution in [2.45, 2.75) is 0 Å². The molecule has 4 aromatic rings. The second-order valence-corrected chi connectivity index (χ2v) is 8.28. The molecule has 0 aliphatic carbocycles. The van der Waals surface area contributed by atoms with E-state index in [1.165, 1.54) is 24.3 Å². The third-order valence-corrected chi connectivity index (χ3v) is 4.45. The van der Waals surface area contributed by atoms with Crippen LogP contribution in [0.5, 0.6) is 0 Å². The molecule has 7 heteroatoms. The number of hydrogen-bond donors (Lipinski definition) is 0. The molecule has 0 radical (unpaired) electrons. The molecule has 2 nitrogen and oxygen atoms in total. The zero-order chi connectivity index (χ0) is 23.5. The monoisotopic (exact) mass is 524 g/mol. The Kier molecular flexibility index (Phi) is 9.77. The van der Waals surface area contributed by atoms with Crippen molar-refractivity contribution in [3.8, 4) is 0 Å². The van der Waals surface area contributed by atoms with Crippen LogP contribution in [-0.2, 0) is 12.7 Å². The van der Waals surface area contributed by atoms with Crippen molar-refractivity contribution in [3.05, 3.63) is 132 Å². The summed E-state index contributed by atoms with van der Waals surface area (Å²) in [5.41, 5.74) is 4.02. The first kappa shape index (κ1) is 24.8. The average Bonchev–Trinajstić information content (AvgIpc) is 2.84. The van der Waals surface area contributed by atoms with Crippen LogP contribution in [0.4, 0.5) is 20.2 Å². The molecule has 0 spiro atoms. The molecule has 4 aromatic carbocycles. The van der Waals surface area contributed by atoms with E-state index >= 15 is 0 Å². The van der Waals surface area contributed by atoms with E-state index in [4.69, 9.17) is 30.4 Å². The molecule has 33 heavy (non-hydrogen) atoms. The molecule has 0 N–H and O–H groups in total. The van der Waals surface area contributed by atoms with Gasteiger partial charge < -0.3 is 0 Å².